The summed E-state index contributed by atoms with van der Waals surface area (Å²) >= 11 is 0. The van der Waals surface area contributed by atoms with E-state index in [0.717, 1.165) is 32.1 Å². The Bertz CT molecular complexity index is 342. The molecule has 4 nitrogen and oxygen atoms in total. The summed E-state index contributed by atoms with van der Waals surface area (Å²) in [5.74, 6) is -0.596. The summed E-state index contributed by atoms with van der Waals surface area (Å²) in [4.78, 5) is 11.8. The van der Waals surface area contributed by atoms with Gasteiger partial charge in [-0.25, -0.2) is 8.42 Å². The van der Waals surface area contributed by atoms with Crippen LogP contribution in [0.15, 0.2) is 0 Å². The van der Waals surface area contributed by atoms with Gasteiger partial charge >= 0.3 is 5.97 Å². The second kappa shape index (κ2) is 6.38. The van der Waals surface area contributed by atoms with E-state index in [1.165, 1.54) is 0 Å². The Morgan fingerprint density at radius 1 is 1.24 bits per heavy atom. The molecule has 0 bridgehead atoms. The average molecular weight is 262 g/mol. The summed E-state index contributed by atoms with van der Waals surface area (Å²) in [6.45, 7) is 3.53. The van der Waals surface area contributed by atoms with Gasteiger partial charge in [-0.15, -0.1) is 0 Å². The second-order valence-electron chi connectivity index (χ2n) is 4.52. The molecule has 1 saturated carbocycles. The minimum atomic E-state index is -3.36. The van der Waals surface area contributed by atoms with Gasteiger partial charge in [0, 0.05) is 5.75 Å². The molecule has 0 radical (unpaired) electrons. The van der Waals surface area contributed by atoms with Crippen LogP contribution < -0.4 is 0 Å². The van der Waals surface area contributed by atoms with Crippen LogP contribution in [0, 0.1) is 5.92 Å². The smallest absolute Gasteiger partial charge is 0.324 e. The Kier molecular flexibility index (Phi) is 5.43. The lowest BCUT2D eigenvalue weighted by molar-refractivity contribution is -0.143. The van der Waals surface area contributed by atoms with Gasteiger partial charge in [0.2, 0.25) is 0 Å². The van der Waals surface area contributed by atoms with E-state index in [1.54, 1.807) is 13.8 Å². The molecule has 1 unspecified atom stereocenters. The molecule has 0 saturated heterocycles. The Labute approximate surface area is 104 Å². The largest absolute Gasteiger partial charge is 0.465 e. The van der Waals surface area contributed by atoms with E-state index in [1.807, 2.05) is 0 Å². The Morgan fingerprint density at radius 3 is 2.29 bits per heavy atom. The molecule has 5 heteroatoms. The van der Waals surface area contributed by atoms with E-state index >= 15 is 0 Å². The van der Waals surface area contributed by atoms with E-state index in [4.69, 9.17) is 4.74 Å². The number of rotatable bonds is 5. The SMILES string of the molecule is CCOC(=O)C(C1CCCCC1)S(=O)(=O)CC. The van der Waals surface area contributed by atoms with Gasteiger partial charge in [-0.3, -0.25) is 4.79 Å². The van der Waals surface area contributed by atoms with Crippen LogP contribution in [0.3, 0.4) is 0 Å². The quantitative estimate of drug-likeness (QED) is 0.710. The molecule has 0 aromatic carbocycles. The molecule has 100 valence electrons. The van der Waals surface area contributed by atoms with Gasteiger partial charge in [-0.2, -0.15) is 0 Å². The summed E-state index contributed by atoms with van der Waals surface area (Å²) in [5.41, 5.74) is 0. The Morgan fingerprint density at radius 2 is 1.82 bits per heavy atom. The Balaban J connectivity index is 2.88. The number of carbonyl (C=O) groups excluding carboxylic acids is 1. The summed E-state index contributed by atoms with van der Waals surface area (Å²) in [7, 11) is -3.36. The van der Waals surface area contributed by atoms with Gasteiger partial charge in [0.05, 0.1) is 6.61 Å². The maximum atomic E-state index is 12.0. The molecule has 1 aliphatic rings. The summed E-state index contributed by atoms with van der Waals surface area (Å²) in [5, 5.41) is -0.937. The molecule has 0 amide bonds. The predicted molar refractivity (Wildman–Crippen MR) is 66.5 cm³/mol. The third kappa shape index (κ3) is 3.69. The number of carbonyl (C=O) groups is 1. The average Bonchev–Trinajstić information content (AvgIpc) is 2.30. The third-order valence-electron chi connectivity index (χ3n) is 3.39. The van der Waals surface area contributed by atoms with Gasteiger partial charge in [0.1, 0.15) is 0 Å². The van der Waals surface area contributed by atoms with Crippen LogP contribution in [0.5, 0.6) is 0 Å². The first-order valence-corrected chi connectivity index (χ1v) is 8.12. The van der Waals surface area contributed by atoms with Crippen LogP contribution in [-0.2, 0) is 19.4 Å². The van der Waals surface area contributed by atoms with Crippen molar-refractivity contribution in [2.45, 2.75) is 51.2 Å². The summed E-state index contributed by atoms with van der Waals surface area (Å²) in [6.07, 6.45) is 4.81. The number of hydrogen-bond acceptors (Lipinski definition) is 4. The lowest BCUT2D eigenvalue weighted by atomic mass is 9.87. The fourth-order valence-corrected chi connectivity index (χ4v) is 4.05. The van der Waals surface area contributed by atoms with Crippen molar-refractivity contribution >= 4 is 15.8 Å². The third-order valence-corrected chi connectivity index (χ3v) is 5.54. The monoisotopic (exact) mass is 262 g/mol. The molecule has 1 rings (SSSR count). The zero-order chi connectivity index (χ0) is 12.9. The first-order chi connectivity index (χ1) is 8.03. The van der Waals surface area contributed by atoms with Gasteiger partial charge in [0.15, 0.2) is 15.1 Å². The molecule has 0 aromatic rings. The van der Waals surface area contributed by atoms with E-state index < -0.39 is 21.1 Å². The van der Waals surface area contributed by atoms with E-state index in [0.29, 0.717) is 0 Å². The molecule has 17 heavy (non-hydrogen) atoms. The van der Waals surface area contributed by atoms with Gasteiger partial charge in [-0.05, 0) is 25.7 Å². The minimum absolute atomic E-state index is 0.00693. The van der Waals surface area contributed by atoms with Crippen molar-refractivity contribution < 1.29 is 17.9 Å². The van der Waals surface area contributed by atoms with Crippen LogP contribution in [0.4, 0.5) is 0 Å². The number of hydrogen-bond donors (Lipinski definition) is 0. The lowest BCUT2D eigenvalue weighted by Crippen LogP contribution is -2.40. The Hall–Kier alpha value is -0.580. The fraction of sp³-hybridized carbons (Fsp3) is 0.917. The summed E-state index contributed by atoms with van der Waals surface area (Å²) < 4.78 is 29.0. The van der Waals surface area contributed by atoms with E-state index in [2.05, 4.69) is 0 Å². The van der Waals surface area contributed by atoms with Crippen molar-refractivity contribution in [2.75, 3.05) is 12.4 Å². The van der Waals surface area contributed by atoms with E-state index in [-0.39, 0.29) is 18.3 Å². The van der Waals surface area contributed by atoms with Gasteiger partial charge in [-0.1, -0.05) is 26.2 Å². The van der Waals surface area contributed by atoms with Crippen molar-refractivity contribution in [1.29, 1.82) is 0 Å². The van der Waals surface area contributed by atoms with Crippen molar-refractivity contribution in [3.8, 4) is 0 Å². The van der Waals surface area contributed by atoms with Crippen LogP contribution in [0.1, 0.15) is 46.0 Å². The zero-order valence-corrected chi connectivity index (χ0v) is 11.5. The maximum Gasteiger partial charge on any atom is 0.324 e. The van der Waals surface area contributed by atoms with Crippen molar-refractivity contribution in [2.24, 2.45) is 5.92 Å². The first kappa shape index (κ1) is 14.5. The fourth-order valence-electron chi connectivity index (χ4n) is 2.47. The van der Waals surface area contributed by atoms with Gasteiger partial charge in [0.25, 0.3) is 0 Å². The summed E-state index contributed by atoms with van der Waals surface area (Å²) in [6, 6.07) is 0. The molecule has 1 aliphatic carbocycles. The predicted octanol–water partition coefficient (Wildman–Crippen LogP) is 1.93. The molecule has 0 aromatic heterocycles. The highest BCUT2D eigenvalue weighted by atomic mass is 32.2. The van der Waals surface area contributed by atoms with Crippen LogP contribution in [0.25, 0.3) is 0 Å². The molecule has 0 N–H and O–H groups in total. The van der Waals surface area contributed by atoms with E-state index in [9.17, 15) is 13.2 Å². The molecule has 1 atom stereocenters. The van der Waals surface area contributed by atoms with Crippen molar-refractivity contribution in [3.05, 3.63) is 0 Å². The first-order valence-electron chi connectivity index (χ1n) is 6.41. The highest BCUT2D eigenvalue weighted by Gasteiger charge is 2.39. The molecule has 0 spiro atoms. The lowest BCUT2D eigenvalue weighted by Gasteiger charge is -2.28. The minimum Gasteiger partial charge on any atom is -0.465 e. The molecule has 0 heterocycles. The van der Waals surface area contributed by atoms with Crippen LogP contribution in [0.2, 0.25) is 0 Å². The van der Waals surface area contributed by atoms with Crippen molar-refractivity contribution in [3.63, 3.8) is 0 Å². The molecule has 1 fully saturated rings. The topological polar surface area (TPSA) is 60.4 Å². The highest BCUT2D eigenvalue weighted by molar-refractivity contribution is 7.92. The second-order valence-corrected chi connectivity index (χ2v) is 6.93. The molecular weight excluding hydrogens is 240 g/mol. The van der Waals surface area contributed by atoms with Crippen molar-refractivity contribution in [1.82, 2.24) is 0 Å². The highest BCUT2D eigenvalue weighted by Crippen LogP contribution is 2.30. The van der Waals surface area contributed by atoms with Gasteiger partial charge < -0.3 is 4.74 Å². The number of sulfone groups is 1. The zero-order valence-electron chi connectivity index (χ0n) is 10.6. The maximum absolute atomic E-state index is 12.0. The number of esters is 1. The van der Waals surface area contributed by atoms with Crippen LogP contribution in [-0.4, -0.2) is 32.0 Å². The normalized spacial score (nSPS) is 19.9. The molecule has 0 aliphatic heterocycles. The standard InChI is InChI=1S/C12H22O4S/c1-3-16-12(13)11(17(14,15)4-2)10-8-6-5-7-9-10/h10-11H,3-9H2,1-2H3. The number of ether oxygens (including phenoxy) is 1. The van der Waals surface area contributed by atoms with Crippen LogP contribution >= 0.6 is 0 Å². The molecular formula is C12H22O4S.